The fourth-order valence-electron chi connectivity index (χ4n) is 2.90. The summed E-state index contributed by atoms with van der Waals surface area (Å²) < 4.78 is 14.3. The van der Waals surface area contributed by atoms with Gasteiger partial charge in [-0.1, -0.05) is 36.0 Å². The number of rotatable bonds is 13. The molecule has 0 amide bonds. The maximum absolute atomic E-state index is 12.5. The fourth-order valence-corrected chi connectivity index (χ4v) is 2.90. The average Bonchev–Trinajstić information content (AvgIpc) is 2.74. The highest BCUT2D eigenvalue weighted by Crippen LogP contribution is 2.34. The van der Waals surface area contributed by atoms with E-state index in [-0.39, 0.29) is 19.3 Å². The number of hydrogen-bond acceptors (Lipinski definition) is 7. The van der Waals surface area contributed by atoms with Gasteiger partial charge in [-0.25, -0.2) is 0 Å². The van der Waals surface area contributed by atoms with Gasteiger partial charge in [0, 0.05) is 0 Å². The molecule has 8 nitrogen and oxygen atoms in total. The Morgan fingerprint density at radius 3 is 2.07 bits per heavy atom. The van der Waals surface area contributed by atoms with E-state index in [0.717, 1.165) is 12.7 Å². The Kier molecular flexibility index (Phi) is 12.8. The van der Waals surface area contributed by atoms with Crippen LogP contribution in [0.25, 0.3) is 0 Å². The molecule has 0 heterocycles. The van der Waals surface area contributed by atoms with Crippen molar-refractivity contribution >= 4 is 23.9 Å². The lowest BCUT2D eigenvalue weighted by Crippen LogP contribution is -2.41. The van der Waals surface area contributed by atoms with Crippen molar-refractivity contribution in [1.29, 1.82) is 0 Å². The molecule has 0 spiro atoms. The third kappa shape index (κ3) is 8.23. The number of allylic oxidation sites excluding steroid dienone is 6. The molecule has 0 saturated heterocycles. The van der Waals surface area contributed by atoms with E-state index in [1.807, 2.05) is 19.9 Å². The second-order valence-corrected chi connectivity index (χ2v) is 6.77. The largest absolute Gasteiger partial charge is 0.481 e. The summed E-state index contributed by atoms with van der Waals surface area (Å²) in [4.78, 5) is 47.6. The first-order valence-electron chi connectivity index (χ1n) is 9.61. The van der Waals surface area contributed by atoms with Crippen LogP contribution in [-0.2, 0) is 33.4 Å². The molecule has 0 aromatic carbocycles. The fraction of sp³-hybridized carbons (Fsp3) is 0.545. The van der Waals surface area contributed by atoms with Crippen molar-refractivity contribution in [2.45, 2.75) is 46.0 Å². The van der Waals surface area contributed by atoms with E-state index in [1.54, 1.807) is 24.3 Å². The van der Waals surface area contributed by atoms with Crippen LogP contribution in [0.5, 0.6) is 0 Å². The lowest BCUT2D eigenvalue weighted by atomic mass is 9.78. The number of carboxylic acids is 1. The molecular weight excluding hydrogens is 392 g/mol. The van der Waals surface area contributed by atoms with Crippen molar-refractivity contribution in [1.82, 2.24) is 0 Å². The number of carboxylic acid groups (broad SMARTS) is 1. The monoisotopic (exact) mass is 424 g/mol. The predicted octanol–water partition coefficient (Wildman–Crippen LogP) is 3.22. The van der Waals surface area contributed by atoms with E-state index >= 15 is 0 Å². The Balaban J connectivity index is 5.33. The predicted molar refractivity (Wildman–Crippen MR) is 110 cm³/mol. The molecule has 0 aliphatic heterocycles. The Morgan fingerprint density at radius 1 is 1.00 bits per heavy atom. The van der Waals surface area contributed by atoms with Crippen LogP contribution in [0, 0.1) is 11.3 Å². The maximum atomic E-state index is 12.5. The number of hydrogen-bond donors (Lipinski definition) is 1. The van der Waals surface area contributed by atoms with E-state index in [0.29, 0.717) is 12.8 Å². The van der Waals surface area contributed by atoms with E-state index < -0.39 is 35.2 Å². The molecule has 0 aliphatic carbocycles. The van der Waals surface area contributed by atoms with Crippen LogP contribution in [-0.4, -0.2) is 50.3 Å². The summed E-state index contributed by atoms with van der Waals surface area (Å²) in [5, 5.41) is 9.11. The molecule has 0 fully saturated rings. The quantitative estimate of drug-likeness (QED) is 0.157. The molecule has 1 N–H and O–H groups in total. The van der Waals surface area contributed by atoms with Crippen LogP contribution in [0.15, 0.2) is 36.0 Å². The SMILES string of the molecule is C/C=C/C=C/CC(CC/C(C)=C/CCC(C(=O)O)C(=O)OC)(C(=O)OC)C(=O)OC. The van der Waals surface area contributed by atoms with Crippen LogP contribution in [0.2, 0.25) is 0 Å². The zero-order valence-corrected chi connectivity index (χ0v) is 18.3. The lowest BCUT2D eigenvalue weighted by molar-refractivity contribution is -0.169. The minimum atomic E-state index is -1.48. The minimum absolute atomic E-state index is 0.0879. The normalized spacial score (nSPS) is 13.3. The standard InChI is InChI=1S/C22H32O8/c1-6-7-8-9-14-22(20(26)29-4,21(27)30-5)15-13-16(2)11-10-12-17(18(23)24)19(25)28-3/h6-9,11,17H,10,12-15H2,1-5H3,(H,23,24)/b7-6+,9-8+,16-11+. The Labute approximate surface area is 177 Å². The molecule has 30 heavy (non-hydrogen) atoms. The second-order valence-electron chi connectivity index (χ2n) is 6.77. The summed E-state index contributed by atoms with van der Waals surface area (Å²) in [5.74, 6) is -4.62. The van der Waals surface area contributed by atoms with Crippen molar-refractivity contribution in [2.24, 2.45) is 11.3 Å². The summed E-state index contributed by atoms with van der Waals surface area (Å²) >= 11 is 0. The molecule has 0 rings (SSSR count). The van der Waals surface area contributed by atoms with Gasteiger partial charge in [0.05, 0.1) is 21.3 Å². The van der Waals surface area contributed by atoms with Crippen LogP contribution in [0.3, 0.4) is 0 Å². The Hall–Kier alpha value is -2.90. The smallest absolute Gasteiger partial charge is 0.323 e. The van der Waals surface area contributed by atoms with Gasteiger partial charge in [-0.15, -0.1) is 0 Å². The van der Waals surface area contributed by atoms with Crippen molar-refractivity contribution in [2.75, 3.05) is 21.3 Å². The van der Waals surface area contributed by atoms with Crippen LogP contribution >= 0.6 is 0 Å². The molecule has 0 saturated carbocycles. The lowest BCUT2D eigenvalue weighted by Gasteiger charge is -2.27. The summed E-state index contributed by atoms with van der Waals surface area (Å²) in [7, 11) is 3.58. The van der Waals surface area contributed by atoms with Gasteiger partial charge in [0.15, 0.2) is 11.3 Å². The molecule has 0 radical (unpaired) electrons. The molecule has 0 aromatic rings. The highest BCUT2D eigenvalue weighted by Gasteiger charge is 2.47. The Bertz CT molecular complexity index is 671. The van der Waals surface area contributed by atoms with Crippen molar-refractivity contribution in [3.05, 3.63) is 36.0 Å². The Morgan fingerprint density at radius 2 is 1.60 bits per heavy atom. The van der Waals surface area contributed by atoms with E-state index in [2.05, 4.69) is 4.74 Å². The number of carbonyl (C=O) groups excluding carboxylic acids is 3. The maximum Gasteiger partial charge on any atom is 0.323 e. The van der Waals surface area contributed by atoms with E-state index in [9.17, 15) is 19.2 Å². The average molecular weight is 424 g/mol. The highest BCUT2D eigenvalue weighted by molar-refractivity contribution is 6.00. The molecule has 1 unspecified atom stereocenters. The van der Waals surface area contributed by atoms with Crippen LogP contribution in [0.4, 0.5) is 0 Å². The molecule has 0 aliphatic rings. The first kappa shape index (κ1) is 27.1. The van der Waals surface area contributed by atoms with Gasteiger partial charge in [0.2, 0.25) is 0 Å². The number of methoxy groups -OCH3 is 3. The second kappa shape index (κ2) is 14.1. The van der Waals surface area contributed by atoms with Crippen LogP contribution < -0.4 is 0 Å². The highest BCUT2D eigenvalue weighted by atomic mass is 16.5. The third-order valence-electron chi connectivity index (χ3n) is 4.74. The molecule has 0 aromatic heterocycles. The number of carbonyl (C=O) groups is 4. The zero-order valence-electron chi connectivity index (χ0n) is 18.3. The molecule has 168 valence electrons. The van der Waals surface area contributed by atoms with Crippen molar-refractivity contribution < 1.29 is 38.5 Å². The van der Waals surface area contributed by atoms with Gasteiger partial charge < -0.3 is 19.3 Å². The zero-order chi connectivity index (χ0) is 23.2. The van der Waals surface area contributed by atoms with E-state index in [1.165, 1.54) is 14.2 Å². The summed E-state index contributed by atoms with van der Waals surface area (Å²) in [6.45, 7) is 3.66. The van der Waals surface area contributed by atoms with Gasteiger partial charge in [0.1, 0.15) is 0 Å². The van der Waals surface area contributed by atoms with Crippen molar-refractivity contribution in [3.63, 3.8) is 0 Å². The number of ether oxygens (including phenoxy) is 3. The third-order valence-corrected chi connectivity index (χ3v) is 4.74. The number of esters is 3. The van der Waals surface area contributed by atoms with Crippen molar-refractivity contribution in [3.8, 4) is 0 Å². The molecular formula is C22H32O8. The molecule has 1 atom stereocenters. The number of aliphatic carboxylic acids is 1. The minimum Gasteiger partial charge on any atom is -0.481 e. The van der Waals surface area contributed by atoms with Gasteiger partial charge in [-0.3, -0.25) is 19.2 Å². The molecule has 8 heteroatoms. The first-order chi connectivity index (χ1) is 14.2. The summed E-state index contributed by atoms with van der Waals surface area (Å²) in [6, 6.07) is 0. The summed E-state index contributed by atoms with van der Waals surface area (Å²) in [6.07, 6.45) is 9.92. The van der Waals surface area contributed by atoms with Gasteiger partial charge in [0.25, 0.3) is 0 Å². The van der Waals surface area contributed by atoms with Gasteiger partial charge in [-0.2, -0.15) is 0 Å². The van der Waals surface area contributed by atoms with Gasteiger partial charge >= 0.3 is 23.9 Å². The van der Waals surface area contributed by atoms with E-state index in [4.69, 9.17) is 14.6 Å². The summed E-state index contributed by atoms with van der Waals surface area (Å²) in [5.41, 5.74) is -0.634. The van der Waals surface area contributed by atoms with Gasteiger partial charge in [-0.05, 0) is 46.0 Å². The topological polar surface area (TPSA) is 116 Å². The molecule has 0 bridgehead atoms. The first-order valence-corrected chi connectivity index (χ1v) is 9.61. The van der Waals surface area contributed by atoms with Crippen LogP contribution in [0.1, 0.15) is 46.0 Å².